The second kappa shape index (κ2) is 5.70. The average Bonchev–Trinajstić information content (AvgIpc) is 3.05. The van der Waals surface area contributed by atoms with E-state index in [0.29, 0.717) is 35.0 Å². The molecule has 2 fully saturated rings. The van der Waals surface area contributed by atoms with Gasteiger partial charge in [-0.05, 0) is 37.0 Å². The molecule has 0 spiro atoms. The summed E-state index contributed by atoms with van der Waals surface area (Å²) in [6.45, 7) is 3.29. The lowest BCUT2D eigenvalue weighted by Gasteiger charge is -2.20. The lowest BCUT2D eigenvalue weighted by atomic mass is 10.0. The molecule has 4 heterocycles. The van der Waals surface area contributed by atoms with Crippen molar-refractivity contribution in [2.45, 2.75) is 18.8 Å². The molecular formula is C21H21ClN4O2. The molecule has 5 rings (SSSR count). The van der Waals surface area contributed by atoms with E-state index >= 15 is 0 Å². The number of carbonyl (C=O) groups is 1. The molecule has 1 aliphatic carbocycles. The maximum Gasteiger partial charge on any atom is 0.260 e. The number of aryl methyl sites for hydroxylation is 3. The molecule has 1 aliphatic heterocycles. The Kier molecular flexibility index (Phi) is 3.56. The van der Waals surface area contributed by atoms with Crippen LogP contribution in [0, 0.1) is 12.8 Å². The Labute approximate surface area is 167 Å². The van der Waals surface area contributed by atoms with Crippen LogP contribution in [0.15, 0.2) is 35.5 Å². The van der Waals surface area contributed by atoms with Crippen molar-refractivity contribution in [2.24, 2.45) is 20.0 Å². The molecule has 28 heavy (non-hydrogen) atoms. The Bertz CT molecular complexity index is 1190. The third-order valence-electron chi connectivity index (χ3n) is 6.38. The number of pyridine rings is 2. The summed E-state index contributed by atoms with van der Waals surface area (Å²) >= 11 is 5.97. The quantitative estimate of drug-likeness (QED) is 0.669. The van der Waals surface area contributed by atoms with Gasteiger partial charge in [-0.2, -0.15) is 0 Å². The van der Waals surface area contributed by atoms with E-state index in [1.54, 1.807) is 24.0 Å². The first-order valence-electron chi connectivity index (χ1n) is 9.38. The molecule has 6 nitrogen and oxygen atoms in total. The maximum absolute atomic E-state index is 13.4. The summed E-state index contributed by atoms with van der Waals surface area (Å²) < 4.78 is 3.43. The molecule has 0 radical (unpaired) electrons. The highest BCUT2D eigenvalue weighted by atomic mass is 35.5. The summed E-state index contributed by atoms with van der Waals surface area (Å²) in [5, 5.41) is 1.12. The van der Waals surface area contributed by atoms with E-state index in [0.717, 1.165) is 23.2 Å². The van der Waals surface area contributed by atoms with Gasteiger partial charge in [-0.25, -0.2) is 0 Å². The van der Waals surface area contributed by atoms with Crippen molar-refractivity contribution in [3.63, 3.8) is 0 Å². The van der Waals surface area contributed by atoms with Gasteiger partial charge in [-0.3, -0.25) is 14.6 Å². The molecule has 3 aromatic rings. The predicted molar refractivity (Wildman–Crippen MR) is 108 cm³/mol. The predicted octanol–water partition coefficient (Wildman–Crippen LogP) is 2.65. The van der Waals surface area contributed by atoms with E-state index in [2.05, 4.69) is 4.98 Å². The molecule has 144 valence electrons. The SMILES string of the molecule is Cc1cn(C)c(=O)c2c(C(=O)N3CC4CC4(c4ccc(Cl)cn4)C3)cn(C)c12. The first-order valence-corrected chi connectivity index (χ1v) is 9.76. The fraction of sp³-hybridized carbons (Fsp3) is 0.381. The Morgan fingerprint density at radius 3 is 2.75 bits per heavy atom. The van der Waals surface area contributed by atoms with Crippen molar-refractivity contribution in [2.75, 3.05) is 13.1 Å². The van der Waals surface area contributed by atoms with Crippen LogP contribution >= 0.6 is 11.6 Å². The fourth-order valence-corrected chi connectivity index (χ4v) is 5.05. The summed E-state index contributed by atoms with van der Waals surface area (Å²) in [4.78, 5) is 32.5. The Morgan fingerprint density at radius 2 is 2.04 bits per heavy atom. The highest BCUT2D eigenvalue weighted by molar-refractivity contribution is 6.30. The summed E-state index contributed by atoms with van der Waals surface area (Å²) in [6, 6.07) is 3.82. The van der Waals surface area contributed by atoms with E-state index in [4.69, 9.17) is 11.6 Å². The zero-order valence-electron chi connectivity index (χ0n) is 16.1. The van der Waals surface area contributed by atoms with Gasteiger partial charge in [0.05, 0.1) is 21.5 Å². The number of aromatic nitrogens is 3. The molecule has 0 N–H and O–H groups in total. The van der Waals surface area contributed by atoms with Crippen molar-refractivity contribution in [1.82, 2.24) is 19.0 Å². The minimum absolute atomic E-state index is 0.0638. The molecule has 3 aromatic heterocycles. The van der Waals surface area contributed by atoms with Gasteiger partial charge in [0, 0.05) is 56.9 Å². The molecule has 7 heteroatoms. The molecule has 0 bridgehead atoms. The summed E-state index contributed by atoms with van der Waals surface area (Å²) in [5.41, 5.74) is 3.09. The smallest absolute Gasteiger partial charge is 0.260 e. The number of amides is 1. The Morgan fingerprint density at radius 1 is 1.25 bits per heavy atom. The topological polar surface area (TPSA) is 60.1 Å². The van der Waals surface area contributed by atoms with Crippen LogP contribution in [0.2, 0.25) is 5.02 Å². The van der Waals surface area contributed by atoms with E-state index < -0.39 is 0 Å². The van der Waals surface area contributed by atoms with Gasteiger partial charge in [0.1, 0.15) is 0 Å². The zero-order chi connectivity index (χ0) is 19.8. The van der Waals surface area contributed by atoms with Gasteiger partial charge in [0.2, 0.25) is 0 Å². The zero-order valence-corrected chi connectivity index (χ0v) is 16.8. The molecule has 2 atom stereocenters. The number of piperidine rings is 1. The highest BCUT2D eigenvalue weighted by Gasteiger charge is 2.62. The summed E-state index contributed by atoms with van der Waals surface area (Å²) in [5.74, 6) is 0.346. The third kappa shape index (κ3) is 2.30. The van der Waals surface area contributed by atoms with Crippen LogP contribution in [0.25, 0.3) is 10.9 Å². The molecule has 1 saturated heterocycles. The van der Waals surface area contributed by atoms with Crippen LogP contribution in [-0.4, -0.2) is 38.0 Å². The number of hydrogen-bond acceptors (Lipinski definition) is 3. The normalized spacial score (nSPS) is 23.3. The van der Waals surface area contributed by atoms with Gasteiger partial charge < -0.3 is 14.0 Å². The maximum atomic E-state index is 13.4. The van der Waals surface area contributed by atoms with Gasteiger partial charge in [-0.15, -0.1) is 0 Å². The molecule has 1 amide bonds. The van der Waals surface area contributed by atoms with Crippen LogP contribution in [0.5, 0.6) is 0 Å². The molecule has 1 saturated carbocycles. The number of nitrogens with zero attached hydrogens (tertiary/aromatic N) is 4. The molecular weight excluding hydrogens is 376 g/mol. The van der Waals surface area contributed by atoms with E-state index in [1.165, 1.54) is 0 Å². The van der Waals surface area contributed by atoms with Crippen molar-refractivity contribution in [3.05, 3.63) is 62.9 Å². The standard InChI is InChI=1S/C21H21ClN4O2/c1-12-8-25(3)20(28)17-15(10-24(2)18(12)17)19(27)26-9-13-6-21(13,11-26)16-5-4-14(22)7-23-16/h4-5,7-8,10,13H,6,9,11H2,1-3H3. The first kappa shape index (κ1) is 17.5. The number of fused-ring (bicyclic) bond motifs is 2. The Balaban J connectivity index is 1.52. The summed E-state index contributed by atoms with van der Waals surface area (Å²) in [6.07, 6.45) is 6.31. The van der Waals surface area contributed by atoms with Crippen LogP contribution in [0.1, 0.15) is 28.0 Å². The van der Waals surface area contributed by atoms with Crippen molar-refractivity contribution in [1.29, 1.82) is 0 Å². The average molecular weight is 397 g/mol. The third-order valence-corrected chi connectivity index (χ3v) is 6.60. The van der Waals surface area contributed by atoms with Crippen LogP contribution in [-0.2, 0) is 19.5 Å². The number of rotatable bonds is 2. The minimum Gasteiger partial charge on any atom is -0.349 e. The van der Waals surface area contributed by atoms with Crippen molar-refractivity contribution >= 4 is 28.4 Å². The van der Waals surface area contributed by atoms with Crippen molar-refractivity contribution in [3.8, 4) is 0 Å². The first-order chi connectivity index (χ1) is 13.3. The minimum atomic E-state index is -0.136. The van der Waals surface area contributed by atoms with Gasteiger partial charge in [0.25, 0.3) is 11.5 Å². The number of halogens is 1. The largest absolute Gasteiger partial charge is 0.349 e. The molecule has 2 unspecified atom stereocenters. The van der Waals surface area contributed by atoms with Gasteiger partial charge in [-0.1, -0.05) is 11.6 Å². The number of carbonyl (C=O) groups excluding carboxylic acids is 1. The van der Waals surface area contributed by atoms with Crippen molar-refractivity contribution < 1.29 is 4.79 Å². The van der Waals surface area contributed by atoms with Gasteiger partial charge in [0.15, 0.2) is 0 Å². The van der Waals surface area contributed by atoms with Crippen LogP contribution in [0.4, 0.5) is 0 Å². The monoisotopic (exact) mass is 396 g/mol. The van der Waals surface area contributed by atoms with Gasteiger partial charge >= 0.3 is 0 Å². The molecule has 0 aromatic carbocycles. The lowest BCUT2D eigenvalue weighted by molar-refractivity contribution is 0.0773. The summed E-state index contributed by atoms with van der Waals surface area (Å²) in [7, 11) is 3.61. The fourth-order valence-electron chi connectivity index (χ4n) is 4.94. The van der Waals surface area contributed by atoms with E-state index in [1.807, 2.05) is 41.8 Å². The van der Waals surface area contributed by atoms with E-state index in [-0.39, 0.29) is 16.9 Å². The van der Waals surface area contributed by atoms with Crippen LogP contribution in [0.3, 0.4) is 0 Å². The second-order valence-electron chi connectivity index (χ2n) is 8.21. The number of likely N-dealkylation sites (tertiary alicyclic amines) is 1. The second-order valence-corrected chi connectivity index (χ2v) is 8.65. The lowest BCUT2D eigenvalue weighted by Crippen LogP contribution is -2.33. The van der Waals surface area contributed by atoms with E-state index in [9.17, 15) is 9.59 Å². The number of hydrogen-bond donors (Lipinski definition) is 0. The van der Waals surface area contributed by atoms with Crippen LogP contribution < -0.4 is 5.56 Å². The highest BCUT2D eigenvalue weighted by Crippen LogP contribution is 2.58. The molecule has 2 aliphatic rings. The Hall–Kier alpha value is -2.60.